The first-order chi connectivity index (χ1) is 23.9. The second kappa shape index (κ2) is 16.7. The second-order valence-electron chi connectivity index (χ2n) is 15.0. The predicted molar refractivity (Wildman–Crippen MR) is 178 cm³/mol. The van der Waals surface area contributed by atoms with Crippen molar-refractivity contribution in [3.63, 3.8) is 0 Å². The quantitative estimate of drug-likeness (QED) is 0.0577. The van der Waals surface area contributed by atoms with Crippen molar-refractivity contribution in [2.75, 3.05) is 33.9 Å². The molecule has 0 aromatic heterocycles. The van der Waals surface area contributed by atoms with Crippen LogP contribution in [0.3, 0.4) is 0 Å². The Morgan fingerprint density at radius 2 is 1.84 bits per heavy atom. The maximum absolute atomic E-state index is 14.5. The summed E-state index contributed by atoms with van der Waals surface area (Å²) in [5.74, 6) is -4.53. The molecule has 0 spiro atoms. The van der Waals surface area contributed by atoms with Crippen molar-refractivity contribution >= 4 is 23.8 Å². The van der Waals surface area contributed by atoms with Gasteiger partial charge in [-0.3, -0.25) is 14.6 Å². The van der Waals surface area contributed by atoms with Crippen LogP contribution in [0, 0.1) is 41.4 Å². The van der Waals surface area contributed by atoms with E-state index in [9.17, 15) is 39.9 Å². The van der Waals surface area contributed by atoms with Crippen LogP contribution in [0.5, 0.6) is 0 Å². The van der Waals surface area contributed by atoms with E-state index in [1.807, 2.05) is 0 Å². The number of Topliss-reactive ketones (excluding diaryl/α,β-unsaturated/α-hetero) is 2. The van der Waals surface area contributed by atoms with Gasteiger partial charge in [0.15, 0.2) is 12.2 Å². The SMILES string of the molecule is CN=C(N)NCC1C(CCC=O)CC2C(=O)C3CC(OC)CC(O[C@H]4O[C@H](CO)[C@](O)(CCC5CCNC(N)C5)[C@H](O)[C@H]4O)C3C(=O)C2C1O. The maximum atomic E-state index is 14.5. The van der Waals surface area contributed by atoms with Gasteiger partial charge in [-0.25, -0.2) is 0 Å². The van der Waals surface area contributed by atoms with Gasteiger partial charge in [-0.2, -0.15) is 0 Å². The number of aliphatic imine (C=N–C) groups is 1. The number of aliphatic hydroxyl groups is 5. The third-order valence-electron chi connectivity index (χ3n) is 12.3. The van der Waals surface area contributed by atoms with Crippen LogP contribution in [0.25, 0.3) is 0 Å². The van der Waals surface area contributed by atoms with Crippen molar-refractivity contribution < 1.29 is 54.1 Å². The molecule has 284 valence electrons. The van der Waals surface area contributed by atoms with Gasteiger partial charge in [-0.1, -0.05) is 0 Å². The molecule has 2 aliphatic heterocycles. The number of ether oxygens (including phenoxy) is 3. The number of piperidine rings is 1. The van der Waals surface area contributed by atoms with Gasteiger partial charge in [0, 0.05) is 51.3 Å². The summed E-state index contributed by atoms with van der Waals surface area (Å²) >= 11 is 0. The number of methoxy groups -OCH3 is 1. The summed E-state index contributed by atoms with van der Waals surface area (Å²) < 4.78 is 17.9. The zero-order valence-corrected chi connectivity index (χ0v) is 29.0. The first-order valence-electron chi connectivity index (χ1n) is 18.1. The molecule has 2 saturated heterocycles. The molecule has 5 aliphatic rings. The molecule has 0 bridgehead atoms. The molecule has 0 aromatic carbocycles. The van der Waals surface area contributed by atoms with E-state index >= 15 is 0 Å². The van der Waals surface area contributed by atoms with Crippen LogP contribution in [0.15, 0.2) is 4.99 Å². The van der Waals surface area contributed by atoms with Gasteiger partial charge in [0.2, 0.25) is 0 Å². The van der Waals surface area contributed by atoms with Crippen LogP contribution in [0.1, 0.15) is 57.8 Å². The standard InChI is InChI=1S/C34H57N5O11/c1-37-33(36)39-14-21-17(4-3-9-40)11-19-26(28(21)43)29(44)25-20(27(19)42)12-18(48-2)13-22(25)49-32-30(45)31(46)34(47,23(15-41)50-32)7-5-16-6-8-38-24(35)10-16/h9,16-26,28,30-32,38,41,43,45-47H,3-8,10-15,35H2,1-2H3,(H3,36,37,39)/t16?,17?,18?,19?,20?,21?,22?,23-,24?,25?,26?,28?,30-,31-,32+,34-/m1/s1. The number of nitrogens with zero attached hydrogens (tertiary/aromatic N) is 1. The van der Waals surface area contributed by atoms with E-state index in [1.165, 1.54) is 14.2 Å². The Kier molecular flexibility index (Phi) is 13.1. The third kappa shape index (κ3) is 7.80. The smallest absolute Gasteiger partial charge is 0.188 e. The number of guanidine groups is 1. The largest absolute Gasteiger partial charge is 0.394 e. The number of aldehydes is 1. The highest BCUT2D eigenvalue weighted by atomic mass is 16.7. The van der Waals surface area contributed by atoms with Crippen molar-refractivity contribution in [2.45, 2.75) is 112 Å². The van der Waals surface area contributed by atoms with E-state index in [-0.39, 0.29) is 67.8 Å². The van der Waals surface area contributed by atoms with E-state index in [0.29, 0.717) is 25.7 Å². The first kappa shape index (κ1) is 39.1. The lowest BCUT2D eigenvalue weighted by Crippen LogP contribution is -2.68. The fourth-order valence-corrected chi connectivity index (χ4v) is 9.51. The van der Waals surface area contributed by atoms with Crippen molar-refractivity contribution in [2.24, 2.45) is 57.9 Å². The zero-order valence-electron chi connectivity index (χ0n) is 29.0. The van der Waals surface area contributed by atoms with Gasteiger partial charge in [0.05, 0.1) is 42.9 Å². The molecule has 11 N–H and O–H groups in total. The fraction of sp³-hybridized carbons (Fsp3) is 0.882. The number of hydrogen-bond acceptors (Lipinski definition) is 14. The predicted octanol–water partition coefficient (Wildman–Crippen LogP) is -2.46. The molecule has 5 rings (SSSR count). The Hall–Kier alpha value is -2.12. The fourth-order valence-electron chi connectivity index (χ4n) is 9.51. The Bertz CT molecular complexity index is 1220. The number of ketones is 2. The van der Waals surface area contributed by atoms with Gasteiger partial charge in [-0.15, -0.1) is 0 Å². The van der Waals surface area contributed by atoms with Crippen molar-refractivity contribution in [1.29, 1.82) is 0 Å². The van der Waals surface area contributed by atoms with Gasteiger partial charge in [0.25, 0.3) is 0 Å². The summed E-state index contributed by atoms with van der Waals surface area (Å²) in [4.78, 5) is 43.9. The topological polar surface area (TPSA) is 269 Å². The minimum absolute atomic E-state index is 0.0357. The lowest BCUT2D eigenvalue weighted by Gasteiger charge is -2.53. The molecular weight excluding hydrogens is 654 g/mol. The molecule has 16 atom stereocenters. The number of nitrogens with two attached hydrogens (primary N) is 2. The second-order valence-corrected chi connectivity index (χ2v) is 15.0. The molecule has 16 heteroatoms. The normalized spacial score (nSPS) is 45.4. The Labute approximate surface area is 292 Å². The number of aliphatic hydroxyl groups excluding tert-OH is 4. The molecular formula is C34H57N5O11. The molecule has 50 heavy (non-hydrogen) atoms. The average Bonchev–Trinajstić information content (AvgIpc) is 3.11. The van der Waals surface area contributed by atoms with Gasteiger partial charge < -0.3 is 66.6 Å². The summed E-state index contributed by atoms with van der Waals surface area (Å²) in [5.41, 5.74) is 9.90. The lowest BCUT2D eigenvalue weighted by atomic mass is 9.53. The summed E-state index contributed by atoms with van der Waals surface area (Å²) in [7, 11) is 3.01. The van der Waals surface area contributed by atoms with Crippen LogP contribution in [0.2, 0.25) is 0 Å². The van der Waals surface area contributed by atoms with E-state index in [0.717, 1.165) is 19.3 Å². The van der Waals surface area contributed by atoms with E-state index in [1.54, 1.807) is 0 Å². The van der Waals surface area contributed by atoms with Crippen LogP contribution < -0.4 is 22.1 Å². The highest BCUT2D eigenvalue weighted by Gasteiger charge is 2.62. The molecule has 2 heterocycles. The minimum Gasteiger partial charge on any atom is -0.394 e. The molecule has 3 aliphatic carbocycles. The first-order valence-corrected chi connectivity index (χ1v) is 18.1. The number of hydrogen-bond donors (Lipinski definition) is 9. The molecule has 16 nitrogen and oxygen atoms in total. The van der Waals surface area contributed by atoms with Gasteiger partial charge in [0.1, 0.15) is 41.8 Å². The van der Waals surface area contributed by atoms with Crippen molar-refractivity contribution in [1.82, 2.24) is 10.6 Å². The number of fused-ring (bicyclic) bond motifs is 2. The Morgan fingerprint density at radius 1 is 1.10 bits per heavy atom. The monoisotopic (exact) mass is 711 g/mol. The minimum atomic E-state index is -1.99. The summed E-state index contributed by atoms with van der Waals surface area (Å²) in [6.07, 6.45) is -5.02. The third-order valence-corrected chi connectivity index (χ3v) is 12.3. The number of carbonyl (C=O) groups excluding carboxylic acids is 3. The highest BCUT2D eigenvalue weighted by Crippen LogP contribution is 2.51. The van der Waals surface area contributed by atoms with E-state index in [4.69, 9.17) is 25.7 Å². The lowest BCUT2D eigenvalue weighted by molar-refractivity contribution is -0.346. The van der Waals surface area contributed by atoms with Crippen LogP contribution in [-0.4, -0.2) is 138 Å². The summed E-state index contributed by atoms with van der Waals surface area (Å²) in [5, 5.41) is 62.3. The molecule has 0 amide bonds. The number of carbonyl (C=O) groups is 3. The van der Waals surface area contributed by atoms with Crippen LogP contribution in [-0.2, 0) is 28.6 Å². The average molecular weight is 712 g/mol. The van der Waals surface area contributed by atoms with Crippen molar-refractivity contribution in [3.8, 4) is 0 Å². The summed E-state index contributed by atoms with van der Waals surface area (Å²) in [6, 6.07) is 0. The van der Waals surface area contributed by atoms with E-state index in [2.05, 4.69) is 15.6 Å². The van der Waals surface area contributed by atoms with Gasteiger partial charge in [-0.05, 0) is 63.3 Å². The van der Waals surface area contributed by atoms with Gasteiger partial charge >= 0.3 is 0 Å². The Morgan fingerprint density at radius 3 is 2.50 bits per heavy atom. The van der Waals surface area contributed by atoms with E-state index < -0.39 is 84.7 Å². The van der Waals surface area contributed by atoms with Crippen LogP contribution in [0.4, 0.5) is 0 Å². The van der Waals surface area contributed by atoms with Crippen LogP contribution >= 0.6 is 0 Å². The zero-order chi connectivity index (χ0) is 36.3. The number of rotatable bonds is 12. The molecule has 3 saturated carbocycles. The molecule has 5 fully saturated rings. The maximum Gasteiger partial charge on any atom is 0.188 e. The molecule has 0 radical (unpaired) electrons. The molecule has 0 aromatic rings. The molecule has 11 unspecified atom stereocenters. The number of nitrogens with one attached hydrogen (secondary N) is 2. The Balaban J connectivity index is 1.36. The van der Waals surface area contributed by atoms with Crippen molar-refractivity contribution in [3.05, 3.63) is 0 Å². The summed E-state index contributed by atoms with van der Waals surface area (Å²) in [6.45, 7) is 0.233. The highest BCUT2D eigenvalue weighted by molar-refractivity contribution is 6.00.